The van der Waals surface area contributed by atoms with Gasteiger partial charge in [0.2, 0.25) is 0 Å². The Kier molecular flexibility index (Phi) is 34.8. The number of aliphatic hydroxyl groups is 5. The minimum atomic E-state index is -1.78. The average molecular weight is 1080 g/mol. The van der Waals surface area contributed by atoms with Gasteiger partial charge in [-0.05, 0) is 137 Å². The second kappa shape index (κ2) is 40.6. The molecule has 2 rings (SSSR count). The Morgan fingerprint density at radius 3 is 1.64 bits per heavy atom. The van der Waals surface area contributed by atoms with E-state index in [0.717, 1.165) is 42.3 Å². The minimum absolute atomic E-state index is 0.0388. The number of imide groups is 1. The Balaban J connectivity index is 2.07. The van der Waals surface area contributed by atoms with Crippen molar-refractivity contribution in [1.82, 2.24) is 10.2 Å². The third-order valence-electron chi connectivity index (χ3n) is 10.6. The molecule has 2 unspecified atom stereocenters. The summed E-state index contributed by atoms with van der Waals surface area (Å²) >= 11 is 4.11. The maximum absolute atomic E-state index is 13.1. The fourth-order valence-electron chi connectivity index (χ4n) is 6.74. The van der Waals surface area contributed by atoms with E-state index < -0.39 is 73.3 Å². The summed E-state index contributed by atoms with van der Waals surface area (Å²) in [5.74, 6) is 59.9. The lowest BCUT2D eigenvalue weighted by atomic mass is 9.98. The van der Waals surface area contributed by atoms with Crippen molar-refractivity contribution >= 4 is 45.4 Å². The van der Waals surface area contributed by atoms with Crippen LogP contribution in [0.25, 0.3) is 0 Å². The Morgan fingerprint density at radius 2 is 1.15 bits per heavy atom. The molecule has 2 aliphatic heterocycles. The Bertz CT molecular complexity index is 2800. The third kappa shape index (κ3) is 26.8. The molecule has 1 fully saturated rings. The van der Waals surface area contributed by atoms with Gasteiger partial charge in [0.25, 0.3) is 17.7 Å². The van der Waals surface area contributed by atoms with Crippen molar-refractivity contribution in [2.24, 2.45) is 0 Å². The van der Waals surface area contributed by atoms with Crippen LogP contribution in [-0.4, -0.2) is 116 Å². The molecule has 0 bridgehead atoms. The summed E-state index contributed by atoms with van der Waals surface area (Å²) in [4.78, 5) is 40.1. The zero-order chi connectivity index (χ0) is 54.0. The molecule has 12 nitrogen and oxygen atoms in total. The zero-order valence-corrected chi connectivity index (χ0v) is 44.0. The number of hydrogen-bond acceptors (Lipinski definition) is 11. The second-order valence-corrected chi connectivity index (χ2v) is 18.0. The summed E-state index contributed by atoms with van der Waals surface area (Å²) in [6.45, 7) is 3.50. The van der Waals surface area contributed by atoms with E-state index >= 15 is 0 Å². The molecule has 0 aromatic rings. The number of carbonyl (C=O) groups is 3. The first kappa shape index (κ1) is 63.3. The molecule has 8 atom stereocenters. The van der Waals surface area contributed by atoms with E-state index in [1.54, 1.807) is 6.92 Å². The molecule has 3 amide bonds. The van der Waals surface area contributed by atoms with Crippen LogP contribution in [0.3, 0.4) is 0 Å². The molecule has 14 heteroatoms. The predicted molar refractivity (Wildman–Crippen MR) is 289 cm³/mol. The van der Waals surface area contributed by atoms with Crippen LogP contribution < -0.4 is 5.32 Å². The van der Waals surface area contributed by atoms with Gasteiger partial charge in [0.05, 0.1) is 29.8 Å². The molecule has 0 saturated carbocycles. The van der Waals surface area contributed by atoms with Crippen molar-refractivity contribution in [3.63, 3.8) is 0 Å². The smallest absolute Gasteiger partial charge is 0.297 e. The van der Waals surface area contributed by atoms with Crippen LogP contribution in [-0.2, 0) is 23.9 Å². The molecule has 74 heavy (non-hydrogen) atoms. The van der Waals surface area contributed by atoms with Crippen LogP contribution in [0, 0.1) is 154 Å². The molecule has 1 saturated heterocycles. The van der Waals surface area contributed by atoms with Crippen molar-refractivity contribution in [2.45, 2.75) is 166 Å². The van der Waals surface area contributed by atoms with Crippen LogP contribution in [0.15, 0.2) is 9.39 Å². The molecule has 6 N–H and O–H groups in total. The fourth-order valence-corrected chi connectivity index (χ4v) is 8.53. The zero-order valence-electron chi connectivity index (χ0n) is 41.6. The highest BCUT2D eigenvalue weighted by Crippen LogP contribution is 2.36. The minimum Gasteiger partial charge on any atom is -0.390 e. The Morgan fingerprint density at radius 1 is 0.676 bits per heavy atom. The second-order valence-electron chi connectivity index (χ2n) is 16.2. The van der Waals surface area contributed by atoms with Gasteiger partial charge in [-0.25, -0.2) is 0 Å². The Labute approximate surface area is 451 Å². The Hall–Kier alpha value is -6.82. The standard InChI is InChI=1S/C60H59BrN2O10S/c1-4-7-10-13-15-17-19-21-22-23-24-25-26-27-28-29-30-31-33-35-37-39-41-44-51(65)62-48(53(66)49(64)43-40-38-36-34-32-20-18-16-14-11-8-5-2)46-72-60-56(69)55(68)54(67)50(73-60)47-74-57-52(61)58(70)63(59(57)71)45-42-12-9-6-3/h3,48-50,53-56,60,64,66-69H,5,8-9,11-12,14,16,18,20,32,34,36,38,40,42-43,45-47H2,1-2H3,(H,62,65)/t48-,49+,50?,53-,54-,55-,56?,60-/m0/s1. The lowest BCUT2D eigenvalue weighted by Crippen LogP contribution is -2.60. The number of hydrogen-bond donors (Lipinski definition) is 6. The van der Waals surface area contributed by atoms with Gasteiger partial charge >= 0.3 is 0 Å². The number of nitrogens with one attached hydrogen (secondary N) is 1. The van der Waals surface area contributed by atoms with Gasteiger partial charge in [-0.3, -0.25) is 19.3 Å². The summed E-state index contributed by atoms with van der Waals surface area (Å²) in [6.07, 6.45) is 9.72. The summed E-state index contributed by atoms with van der Waals surface area (Å²) in [5, 5.41) is 57.4. The van der Waals surface area contributed by atoms with Crippen LogP contribution in [0.2, 0.25) is 0 Å². The van der Waals surface area contributed by atoms with E-state index in [9.17, 15) is 39.9 Å². The van der Waals surface area contributed by atoms with E-state index in [-0.39, 0.29) is 28.1 Å². The molecule has 2 aliphatic rings. The topological polar surface area (TPSA) is 186 Å². The summed E-state index contributed by atoms with van der Waals surface area (Å²) in [5.41, 5.74) is 0. The van der Waals surface area contributed by atoms with Crippen LogP contribution in [0.5, 0.6) is 0 Å². The molecule has 382 valence electrons. The van der Waals surface area contributed by atoms with Gasteiger partial charge in [-0.15, -0.1) is 24.1 Å². The summed E-state index contributed by atoms with van der Waals surface area (Å²) in [6, 6.07) is -1.30. The first-order chi connectivity index (χ1) is 36.0. The number of amides is 3. The number of ether oxygens (including phenoxy) is 2. The average Bonchev–Trinajstić information content (AvgIpc) is 3.59. The first-order valence-electron chi connectivity index (χ1n) is 24.2. The SMILES string of the molecule is C#CCCCCN1C(=O)C(Br)=C(SCC2O[C@H](OC[C@H](NC(=O)C#CC#CC#CC#CC#CC#CC#CC#CC#CC#CC#CC#CC)[C@H](O)[C@H](O)CCCCCCCCCCCCCC)C(O)[C@@H](O)[C@H]2O)C1=O. The van der Waals surface area contributed by atoms with Crippen molar-refractivity contribution in [2.75, 3.05) is 18.9 Å². The van der Waals surface area contributed by atoms with Crippen LogP contribution in [0.1, 0.15) is 117 Å². The maximum atomic E-state index is 13.1. The molecular weight excluding hydrogens is 1020 g/mol. The largest absolute Gasteiger partial charge is 0.390 e. The summed E-state index contributed by atoms with van der Waals surface area (Å²) < 4.78 is 11.7. The van der Waals surface area contributed by atoms with E-state index in [1.807, 2.05) is 0 Å². The molecule has 0 aromatic carbocycles. The number of halogens is 1. The molecule has 0 spiro atoms. The molecule has 0 aliphatic carbocycles. The van der Waals surface area contributed by atoms with Crippen molar-refractivity contribution < 1.29 is 49.4 Å². The number of terminal acetylenes is 1. The third-order valence-corrected chi connectivity index (χ3v) is 12.8. The number of unbranched alkanes of at least 4 members (excludes halogenated alkanes) is 13. The highest BCUT2D eigenvalue weighted by Gasteiger charge is 2.46. The van der Waals surface area contributed by atoms with Gasteiger partial charge in [-0.1, -0.05) is 89.9 Å². The van der Waals surface area contributed by atoms with Gasteiger partial charge in [-0.2, -0.15) is 0 Å². The lowest BCUT2D eigenvalue weighted by molar-refractivity contribution is -0.294. The highest BCUT2D eigenvalue weighted by molar-refractivity contribution is 9.12. The van der Waals surface area contributed by atoms with E-state index in [4.69, 9.17) is 15.9 Å². The fraction of sp³-hybridized carbons (Fsp3) is 0.483. The molecule has 0 aromatic heterocycles. The van der Waals surface area contributed by atoms with E-state index in [0.29, 0.717) is 25.7 Å². The number of aliphatic hydroxyl groups excluding tert-OH is 5. The molecular formula is C60H59BrN2O10S. The summed E-state index contributed by atoms with van der Waals surface area (Å²) in [7, 11) is 0. The number of nitrogens with zero attached hydrogens (tertiary/aromatic N) is 1. The van der Waals surface area contributed by atoms with Gasteiger partial charge in [0, 0.05) is 60.2 Å². The first-order valence-corrected chi connectivity index (χ1v) is 26.0. The van der Waals surface area contributed by atoms with Crippen molar-refractivity contribution in [3.8, 4) is 154 Å². The maximum Gasteiger partial charge on any atom is 0.297 e. The van der Waals surface area contributed by atoms with Gasteiger partial charge < -0.3 is 40.3 Å². The monoisotopic (exact) mass is 1080 g/mol. The van der Waals surface area contributed by atoms with E-state index in [2.05, 4.69) is 176 Å². The number of thioether (sulfide) groups is 1. The van der Waals surface area contributed by atoms with E-state index in [1.165, 1.54) is 44.9 Å². The quantitative estimate of drug-likeness (QED) is 0.0422. The molecule has 0 radical (unpaired) electrons. The van der Waals surface area contributed by atoms with Crippen molar-refractivity contribution in [3.05, 3.63) is 9.39 Å². The number of rotatable bonds is 26. The number of carbonyl (C=O) groups excluding carboxylic acids is 3. The van der Waals surface area contributed by atoms with Crippen LogP contribution in [0.4, 0.5) is 0 Å². The molecule has 2 heterocycles. The lowest BCUT2D eigenvalue weighted by Gasteiger charge is -2.41. The van der Waals surface area contributed by atoms with Gasteiger partial charge in [0.15, 0.2) is 6.29 Å². The van der Waals surface area contributed by atoms with Crippen LogP contribution >= 0.6 is 27.7 Å². The van der Waals surface area contributed by atoms with Gasteiger partial charge in [0.1, 0.15) is 28.9 Å². The normalized spacial score (nSPS) is 17.8. The predicted octanol–water partition coefficient (Wildman–Crippen LogP) is 3.68. The van der Waals surface area contributed by atoms with Crippen molar-refractivity contribution in [1.29, 1.82) is 0 Å². The highest BCUT2D eigenvalue weighted by atomic mass is 79.9.